The maximum atomic E-state index is 12.0. The molecule has 0 spiro atoms. The molecule has 0 radical (unpaired) electrons. The molecule has 2 fully saturated rings. The number of piperidine rings is 2. The van der Waals surface area contributed by atoms with E-state index >= 15 is 0 Å². The Bertz CT molecular complexity index is 355. The van der Waals surface area contributed by atoms with Gasteiger partial charge in [-0.3, -0.25) is 4.90 Å². The van der Waals surface area contributed by atoms with Gasteiger partial charge in [-0.25, -0.2) is 8.42 Å². The highest BCUT2D eigenvalue weighted by Crippen LogP contribution is 2.35. The Morgan fingerprint density at radius 2 is 2.00 bits per heavy atom. The van der Waals surface area contributed by atoms with Gasteiger partial charge in [-0.2, -0.15) is 0 Å². The van der Waals surface area contributed by atoms with E-state index in [2.05, 4.69) is 11.9 Å². The number of hydrogen-bond donors (Lipinski definition) is 1. The fourth-order valence-electron chi connectivity index (χ4n) is 3.28. The van der Waals surface area contributed by atoms with E-state index in [1.54, 1.807) is 6.92 Å². The summed E-state index contributed by atoms with van der Waals surface area (Å²) in [5.74, 6) is 0.252. The summed E-state index contributed by atoms with van der Waals surface area (Å²) < 4.78 is 24.1. The van der Waals surface area contributed by atoms with Crippen molar-refractivity contribution in [2.75, 3.05) is 12.8 Å². The molecule has 0 aromatic carbocycles. The first-order valence-electron chi connectivity index (χ1n) is 6.14. The van der Waals surface area contributed by atoms with Crippen LogP contribution in [0.2, 0.25) is 0 Å². The molecule has 0 aromatic heterocycles. The van der Waals surface area contributed by atoms with Crippen LogP contribution < -0.4 is 5.73 Å². The van der Waals surface area contributed by atoms with E-state index in [-0.39, 0.29) is 23.1 Å². The van der Waals surface area contributed by atoms with E-state index in [1.807, 2.05) is 0 Å². The van der Waals surface area contributed by atoms with Crippen molar-refractivity contribution in [2.24, 2.45) is 5.73 Å². The van der Waals surface area contributed by atoms with Gasteiger partial charge in [0.15, 0.2) is 9.84 Å². The summed E-state index contributed by atoms with van der Waals surface area (Å²) >= 11 is 0. The first-order valence-corrected chi connectivity index (χ1v) is 7.86. The SMILES string of the molecule is CCS(=O)(=O)C1CCC2CC(N)CC1N2C. The number of nitrogens with two attached hydrogens (primary N) is 1. The van der Waals surface area contributed by atoms with Crippen LogP contribution in [0.1, 0.15) is 32.6 Å². The third kappa shape index (κ3) is 2.00. The van der Waals surface area contributed by atoms with Gasteiger partial charge < -0.3 is 5.73 Å². The van der Waals surface area contributed by atoms with Crippen molar-refractivity contribution in [1.82, 2.24) is 4.90 Å². The zero-order valence-corrected chi connectivity index (χ0v) is 10.9. The summed E-state index contributed by atoms with van der Waals surface area (Å²) in [5, 5.41) is -0.190. The molecule has 5 heteroatoms. The zero-order valence-electron chi connectivity index (χ0n) is 10.1. The van der Waals surface area contributed by atoms with Gasteiger partial charge in [0, 0.05) is 23.9 Å². The molecule has 94 valence electrons. The predicted octanol–water partition coefficient (Wildman–Crippen LogP) is 0.374. The van der Waals surface area contributed by atoms with Gasteiger partial charge in [-0.15, -0.1) is 0 Å². The van der Waals surface area contributed by atoms with Gasteiger partial charge >= 0.3 is 0 Å². The molecule has 4 atom stereocenters. The standard InChI is InChI=1S/C11H22N2O2S/c1-3-16(14,15)11-5-4-9-6-8(12)7-10(11)13(9)2/h8-11H,3-7,12H2,1-2H3. The van der Waals surface area contributed by atoms with Gasteiger partial charge in [0.25, 0.3) is 0 Å². The lowest BCUT2D eigenvalue weighted by Gasteiger charge is -2.49. The quantitative estimate of drug-likeness (QED) is 0.765. The monoisotopic (exact) mass is 246 g/mol. The maximum Gasteiger partial charge on any atom is 0.154 e. The van der Waals surface area contributed by atoms with E-state index in [1.165, 1.54) is 0 Å². The smallest absolute Gasteiger partial charge is 0.154 e. The number of sulfone groups is 1. The Morgan fingerprint density at radius 3 is 2.62 bits per heavy atom. The van der Waals surface area contributed by atoms with E-state index in [0.29, 0.717) is 6.04 Å². The zero-order chi connectivity index (χ0) is 11.9. The molecule has 2 bridgehead atoms. The van der Waals surface area contributed by atoms with Crippen molar-refractivity contribution >= 4 is 9.84 Å². The molecule has 2 aliphatic rings. The first-order chi connectivity index (χ1) is 7.45. The maximum absolute atomic E-state index is 12.0. The van der Waals surface area contributed by atoms with Gasteiger partial charge in [0.1, 0.15) is 0 Å². The second-order valence-corrected chi connectivity index (χ2v) is 7.69. The van der Waals surface area contributed by atoms with E-state index in [9.17, 15) is 8.42 Å². The molecule has 2 aliphatic heterocycles. The minimum Gasteiger partial charge on any atom is -0.328 e. The first kappa shape index (κ1) is 12.3. The minimum absolute atomic E-state index is 0.146. The number of nitrogens with zero attached hydrogens (tertiary/aromatic N) is 1. The molecule has 2 saturated heterocycles. The molecule has 4 nitrogen and oxygen atoms in total. The highest BCUT2D eigenvalue weighted by Gasteiger charge is 2.44. The second-order valence-electron chi connectivity index (χ2n) is 5.19. The Kier molecular flexibility index (Phi) is 3.29. The van der Waals surface area contributed by atoms with Crippen LogP contribution in [-0.4, -0.2) is 49.5 Å². The summed E-state index contributed by atoms with van der Waals surface area (Å²) in [5.41, 5.74) is 6.01. The van der Waals surface area contributed by atoms with Crippen LogP contribution in [0.15, 0.2) is 0 Å². The van der Waals surface area contributed by atoms with Crippen molar-refractivity contribution in [3.8, 4) is 0 Å². The fraction of sp³-hybridized carbons (Fsp3) is 1.00. The van der Waals surface area contributed by atoms with Crippen molar-refractivity contribution < 1.29 is 8.42 Å². The number of rotatable bonds is 2. The van der Waals surface area contributed by atoms with Crippen LogP contribution in [0.4, 0.5) is 0 Å². The molecule has 0 aliphatic carbocycles. The molecule has 2 N–H and O–H groups in total. The third-order valence-electron chi connectivity index (χ3n) is 4.30. The summed E-state index contributed by atoms with van der Waals surface area (Å²) in [7, 11) is -0.872. The van der Waals surface area contributed by atoms with Crippen molar-refractivity contribution in [2.45, 2.75) is 56.0 Å². The summed E-state index contributed by atoms with van der Waals surface area (Å²) in [6.07, 6.45) is 3.65. The van der Waals surface area contributed by atoms with Crippen LogP contribution in [0.5, 0.6) is 0 Å². The van der Waals surface area contributed by atoms with Crippen molar-refractivity contribution in [3.05, 3.63) is 0 Å². The minimum atomic E-state index is -2.93. The largest absolute Gasteiger partial charge is 0.328 e. The average Bonchev–Trinajstić information content (AvgIpc) is 2.20. The highest BCUT2D eigenvalue weighted by atomic mass is 32.2. The fourth-order valence-corrected chi connectivity index (χ4v) is 4.98. The number of hydrogen-bond acceptors (Lipinski definition) is 4. The Morgan fingerprint density at radius 1 is 1.31 bits per heavy atom. The number of fused-ring (bicyclic) bond motifs is 2. The van der Waals surface area contributed by atoms with E-state index in [4.69, 9.17) is 5.73 Å². The van der Waals surface area contributed by atoms with Crippen LogP contribution in [-0.2, 0) is 9.84 Å². The Balaban J connectivity index is 2.24. The lowest BCUT2D eigenvalue weighted by Crippen LogP contribution is -2.60. The molecule has 16 heavy (non-hydrogen) atoms. The van der Waals surface area contributed by atoms with Gasteiger partial charge in [0.2, 0.25) is 0 Å². The van der Waals surface area contributed by atoms with Crippen LogP contribution in [0, 0.1) is 0 Å². The summed E-state index contributed by atoms with van der Waals surface area (Å²) in [6, 6.07) is 0.825. The molecule has 0 saturated carbocycles. The highest BCUT2D eigenvalue weighted by molar-refractivity contribution is 7.92. The molecular formula is C11H22N2O2S. The predicted molar refractivity (Wildman–Crippen MR) is 65.0 cm³/mol. The van der Waals surface area contributed by atoms with E-state index in [0.717, 1.165) is 25.7 Å². The molecule has 0 amide bonds. The summed E-state index contributed by atoms with van der Waals surface area (Å²) in [4.78, 5) is 2.25. The molecular weight excluding hydrogens is 224 g/mol. The average molecular weight is 246 g/mol. The topological polar surface area (TPSA) is 63.4 Å². The molecule has 2 heterocycles. The molecule has 4 unspecified atom stereocenters. The van der Waals surface area contributed by atoms with Crippen LogP contribution in [0.3, 0.4) is 0 Å². The van der Waals surface area contributed by atoms with Gasteiger partial charge in [-0.05, 0) is 32.7 Å². The van der Waals surface area contributed by atoms with Gasteiger partial charge in [-0.1, -0.05) is 6.92 Å². The van der Waals surface area contributed by atoms with Crippen LogP contribution >= 0.6 is 0 Å². The normalized spacial score (nSPS) is 40.9. The molecule has 0 aromatic rings. The van der Waals surface area contributed by atoms with Crippen LogP contribution in [0.25, 0.3) is 0 Å². The van der Waals surface area contributed by atoms with Gasteiger partial charge in [0.05, 0.1) is 5.25 Å². The second kappa shape index (κ2) is 4.27. The lowest BCUT2D eigenvalue weighted by atomic mass is 9.82. The van der Waals surface area contributed by atoms with Crippen molar-refractivity contribution in [1.29, 1.82) is 0 Å². The van der Waals surface area contributed by atoms with E-state index < -0.39 is 9.84 Å². The van der Waals surface area contributed by atoms with Crippen molar-refractivity contribution in [3.63, 3.8) is 0 Å². The third-order valence-corrected chi connectivity index (χ3v) is 6.57. The lowest BCUT2D eigenvalue weighted by molar-refractivity contribution is 0.0596. The molecule has 2 rings (SSSR count). The Labute approximate surface area is 98.1 Å². The Hall–Kier alpha value is -0.130. The summed E-state index contributed by atoms with van der Waals surface area (Å²) in [6.45, 7) is 1.74.